The normalized spacial score (nSPS) is 22.7. The van der Waals surface area contributed by atoms with Crippen molar-refractivity contribution in [2.24, 2.45) is 13.0 Å². The zero-order chi connectivity index (χ0) is 17.1. The second-order valence-electron chi connectivity index (χ2n) is 7.23. The van der Waals surface area contributed by atoms with Crippen molar-refractivity contribution in [1.82, 2.24) is 24.6 Å². The highest BCUT2D eigenvalue weighted by molar-refractivity contribution is 5.08. The van der Waals surface area contributed by atoms with Crippen molar-refractivity contribution < 1.29 is 9.47 Å². The van der Waals surface area contributed by atoms with E-state index in [0.29, 0.717) is 18.5 Å². The van der Waals surface area contributed by atoms with Gasteiger partial charge in [0.15, 0.2) is 0 Å². The van der Waals surface area contributed by atoms with E-state index < -0.39 is 0 Å². The lowest BCUT2D eigenvalue weighted by Gasteiger charge is -2.53. The molecule has 2 aliphatic rings. The summed E-state index contributed by atoms with van der Waals surface area (Å²) in [6.45, 7) is 4.51. The van der Waals surface area contributed by atoms with Crippen LogP contribution in [0.1, 0.15) is 24.8 Å². The average molecular weight is 343 g/mol. The van der Waals surface area contributed by atoms with Gasteiger partial charge in [-0.1, -0.05) is 0 Å². The van der Waals surface area contributed by atoms with Gasteiger partial charge in [-0.25, -0.2) is 9.97 Å². The summed E-state index contributed by atoms with van der Waals surface area (Å²) in [5.41, 5.74) is 1.31. The van der Waals surface area contributed by atoms with Gasteiger partial charge in [-0.2, -0.15) is 5.10 Å². The van der Waals surface area contributed by atoms with E-state index in [0.717, 1.165) is 45.5 Å². The number of ether oxygens (including phenoxy) is 2. The fourth-order valence-corrected chi connectivity index (χ4v) is 3.97. The minimum Gasteiger partial charge on any atom is -0.463 e. The Balaban J connectivity index is 1.22. The zero-order valence-electron chi connectivity index (χ0n) is 14.7. The average Bonchev–Trinajstić information content (AvgIpc) is 3.00. The van der Waals surface area contributed by atoms with Gasteiger partial charge in [-0.15, -0.1) is 0 Å². The molecule has 0 N–H and O–H groups in total. The Kier molecular flexibility index (Phi) is 4.67. The molecule has 2 aromatic heterocycles. The number of hydrogen-bond acceptors (Lipinski definition) is 6. The molecule has 7 nitrogen and oxygen atoms in total. The lowest BCUT2D eigenvalue weighted by atomic mass is 9.79. The molecule has 7 heteroatoms. The second kappa shape index (κ2) is 7.09. The summed E-state index contributed by atoms with van der Waals surface area (Å²) >= 11 is 0. The third-order valence-electron chi connectivity index (χ3n) is 5.08. The highest BCUT2D eigenvalue weighted by Crippen LogP contribution is 2.38. The first-order chi connectivity index (χ1) is 12.2. The molecule has 1 spiro atoms. The van der Waals surface area contributed by atoms with Crippen LogP contribution in [0.15, 0.2) is 30.9 Å². The summed E-state index contributed by atoms with van der Waals surface area (Å²) in [7, 11) is 1.96. The van der Waals surface area contributed by atoms with Crippen LogP contribution in [0.5, 0.6) is 6.01 Å². The van der Waals surface area contributed by atoms with Crippen molar-refractivity contribution in [3.63, 3.8) is 0 Å². The molecule has 2 aromatic rings. The number of hydrogen-bond donors (Lipinski definition) is 0. The molecule has 0 unspecified atom stereocenters. The van der Waals surface area contributed by atoms with E-state index in [1.807, 2.05) is 17.9 Å². The van der Waals surface area contributed by atoms with Crippen molar-refractivity contribution in [3.05, 3.63) is 36.4 Å². The topological polar surface area (TPSA) is 65.3 Å². The predicted molar refractivity (Wildman–Crippen MR) is 92.0 cm³/mol. The van der Waals surface area contributed by atoms with Gasteiger partial charge in [0.25, 0.3) is 0 Å². The molecule has 0 aliphatic carbocycles. The molecule has 0 bridgehead atoms. The molecule has 2 fully saturated rings. The maximum Gasteiger partial charge on any atom is 0.316 e. The van der Waals surface area contributed by atoms with Crippen LogP contribution in [-0.2, 0) is 18.3 Å². The van der Waals surface area contributed by atoms with E-state index in [2.05, 4.69) is 26.2 Å². The quantitative estimate of drug-likeness (QED) is 0.795. The molecule has 1 atom stereocenters. The third kappa shape index (κ3) is 3.99. The van der Waals surface area contributed by atoms with Crippen LogP contribution in [-0.4, -0.2) is 56.6 Å². The summed E-state index contributed by atoms with van der Waals surface area (Å²) in [6, 6.07) is 2.26. The highest BCUT2D eigenvalue weighted by atomic mass is 16.5. The number of aromatic nitrogens is 4. The Bertz CT molecular complexity index is 684. The Morgan fingerprint density at radius 3 is 2.92 bits per heavy atom. The van der Waals surface area contributed by atoms with Crippen LogP contribution in [0.25, 0.3) is 0 Å². The van der Waals surface area contributed by atoms with Crippen molar-refractivity contribution >= 4 is 0 Å². The van der Waals surface area contributed by atoms with Gasteiger partial charge in [0.2, 0.25) is 0 Å². The second-order valence-corrected chi connectivity index (χ2v) is 7.23. The van der Waals surface area contributed by atoms with Crippen molar-refractivity contribution in [2.75, 3.05) is 26.3 Å². The number of aryl methyl sites for hydroxylation is 1. The maximum atomic E-state index is 6.14. The molecule has 0 saturated carbocycles. The number of nitrogens with zero attached hydrogens (tertiary/aromatic N) is 5. The van der Waals surface area contributed by atoms with E-state index >= 15 is 0 Å². The van der Waals surface area contributed by atoms with Crippen molar-refractivity contribution in [2.45, 2.75) is 31.4 Å². The zero-order valence-corrected chi connectivity index (χ0v) is 14.7. The first-order valence-corrected chi connectivity index (χ1v) is 8.94. The van der Waals surface area contributed by atoms with E-state index in [4.69, 9.17) is 9.47 Å². The lowest BCUT2D eigenvalue weighted by Crippen LogP contribution is -2.64. The van der Waals surface area contributed by atoms with Crippen molar-refractivity contribution in [1.29, 1.82) is 0 Å². The van der Waals surface area contributed by atoms with Crippen LogP contribution < -0.4 is 4.74 Å². The Morgan fingerprint density at radius 1 is 1.32 bits per heavy atom. The molecule has 25 heavy (non-hydrogen) atoms. The van der Waals surface area contributed by atoms with E-state index in [9.17, 15) is 0 Å². The molecule has 0 aromatic carbocycles. The van der Waals surface area contributed by atoms with Crippen LogP contribution in [0.4, 0.5) is 0 Å². The first kappa shape index (κ1) is 16.5. The fourth-order valence-electron chi connectivity index (χ4n) is 3.97. The SMILES string of the molecule is Cn1cc(CN2CC3(C[C@H](CCOc4ncccn4)CCO3)C2)cn1. The smallest absolute Gasteiger partial charge is 0.316 e. The monoisotopic (exact) mass is 343 g/mol. The molecule has 4 rings (SSSR count). The number of rotatable bonds is 6. The first-order valence-electron chi connectivity index (χ1n) is 8.94. The Morgan fingerprint density at radius 2 is 2.16 bits per heavy atom. The molecule has 2 saturated heterocycles. The summed E-state index contributed by atoms with van der Waals surface area (Å²) < 4.78 is 13.6. The minimum atomic E-state index is 0.0500. The van der Waals surface area contributed by atoms with Gasteiger partial charge in [0, 0.05) is 57.4 Å². The van der Waals surface area contributed by atoms with Crippen LogP contribution in [0.2, 0.25) is 0 Å². The maximum absolute atomic E-state index is 6.14. The largest absolute Gasteiger partial charge is 0.463 e. The van der Waals surface area contributed by atoms with Gasteiger partial charge >= 0.3 is 6.01 Å². The van der Waals surface area contributed by atoms with E-state index in [1.165, 1.54) is 5.56 Å². The molecule has 0 radical (unpaired) electrons. The number of likely N-dealkylation sites (tertiary alicyclic amines) is 1. The summed E-state index contributed by atoms with van der Waals surface area (Å²) in [5, 5.41) is 4.24. The summed E-state index contributed by atoms with van der Waals surface area (Å²) in [4.78, 5) is 10.6. The van der Waals surface area contributed by atoms with Crippen LogP contribution in [0, 0.1) is 5.92 Å². The van der Waals surface area contributed by atoms with Crippen LogP contribution in [0.3, 0.4) is 0 Å². The molecule has 2 aliphatic heterocycles. The lowest BCUT2D eigenvalue weighted by molar-refractivity contribution is -0.182. The van der Waals surface area contributed by atoms with E-state index in [1.54, 1.807) is 18.5 Å². The highest BCUT2D eigenvalue weighted by Gasteiger charge is 2.47. The van der Waals surface area contributed by atoms with Gasteiger partial charge in [-0.05, 0) is 31.2 Å². The standard InChI is InChI=1S/C18H25N5O2/c1-22-11-16(10-21-22)12-23-13-18(14-23)9-15(4-8-25-18)3-7-24-17-19-5-2-6-20-17/h2,5-6,10-11,15H,3-4,7-9,12-14H2,1H3/t15-/m1/s1. The van der Waals surface area contributed by atoms with Crippen molar-refractivity contribution in [3.8, 4) is 6.01 Å². The minimum absolute atomic E-state index is 0.0500. The summed E-state index contributed by atoms with van der Waals surface area (Å²) in [6.07, 6.45) is 10.7. The fraction of sp³-hybridized carbons (Fsp3) is 0.611. The molecule has 134 valence electrons. The van der Waals surface area contributed by atoms with Gasteiger partial charge < -0.3 is 9.47 Å². The van der Waals surface area contributed by atoms with Gasteiger partial charge in [-0.3, -0.25) is 9.58 Å². The summed E-state index contributed by atoms with van der Waals surface area (Å²) in [5.74, 6) is 0.651. The molecule has 4 heterocycles. The molecule has 0 amide bonds. The van der Waals surface area contributed by atoms with Gasteiger partial charge in [0.05, 0.1) is 18.4 Å². The molecular weight excluding hydrogens is 318 g/mol. The Labute approximate surface area is 148 Å². The predicted octanol–water partition coefficient (Wildman–Crippen LogP) is 1.66. The Hall–Kier alpha value is -1.99. The van der Waals surface area contributed by atoms with Gasteiger partial charge in [0.1, 0.15) is 0 Å². The van der Waals surface area contributed by atoms with E-state index in [-0.39, 0.29) is 5.60 Å². The third-order valence-corrected chi connectivity index (χ3v) is 5.08. The molecular formula is C18H25N5O2. The van der Waals surface area contributed by atoms with Crippen LogP contribution >= 0.6 is 0 Å².